The molecule has 0 bridgehead atoms. The van der Waals surface area contributed by atoms with Crippen molar-refractivity contribution in [3.05, 3.63) is 71.3 Å². The predicted molar refractivity (Wildman–Crippen MR) is 84.2 cm³/mol. The van der Waals surface area contributed by atoms with Crippen molar-refractivity contribution in [3.8, 4) is 0 Å². The lowest BCUT2D eigenvalue weighted by molar-refractivity contribution is -0.122. The maximum atomic E-state index is 12.0. The van der Waals surface area contributed by atoms with Gasteiger partial charge in [-0.3, -0.25) is 4.79 Å². The Hall–Kier alpha value is -2.42. The van der Waals surface area contributed by atoms with Crippen LogP contribution < -0.4 is 5.43 Å². The molecule has 1 aliphatic carbocycles. The number of hydrogen-bond donors (Lipinski definition) is 1. The van der Waals surface area contributed by atoms with Gasteiger partial charge in [0.2, 0.25) is 5.91 Å². The third-order valence-electron chi connectivity index (χ3n) is 3.82. The van der Waals surface area contributed by atoms with E-state index in [1.807, 2.05) is 49.4 Å². The van der Waals surface area contributed by atoms with Gasteiger partial charge in [-0.15, -0.1) is 0 Å². The van der Waals surface area contributed by atoms with Gasteiger partial charge in [0.1, 0.15) is 0 Å². The molecule has 0 unspecified atom stereocenters. The van der Waals surface area contributed by atoms with Crippen LogP contribution in [0.15, 0.2) is 59.7 Å². The third kappa shape index (κ3) is 3.37. The van der Waals surface area contributed by atoms with E-state index in [2.05, 4.69) is 22.7 Å². The number of benzene rings is 2. The fourth-order valence-electron chi connectivity index (χ4n) is 2.46. The first-order valence-corrected chi connectivity index (χ1v) is 7.18. The number of rotatable bonds is 4. The molecule has 3 rings (SSSR count). The molecule has 0 saturated heterocycles. The molecule has 0 spiro atoms. The third-order valence-corrected chi connectivity index (χ3v) is 3.82. The number of amides is 1. The highest BCUT2D eigenvalue weighted by Crippen LogP contribution is 2.47. The lowest BCUT2D eigenvalue weighted by Gasteiger charge is -2.00. The zero-order valence-electron chi connectivity index (χ0n) is 12.0. The van der Waals surface area contributed by atoms with E-state index >= 15 is 0 Å². The zero-order chi connectivity index (χ0) is 14.7. The molecule has 106 valence electrons. The molecule has 1 amide bonds. The van der Waals surface area contributed by atoms with Gasteiger partial charge in [-0.25, -0.2) is 5.43 Å². The summed E-state index contributed by atoms with van der Waals surface area (Å²) in [7, 11) is 0. The van der Waals surface area contributed by atoms with Crippen LogP contribution in [0.3, 0.4) is 0 Å². The van der Waals surface area contributed by atoms with E-state index in [9.17, 15) is 4.79 Å². The molecule has 0 heterocycles. The van der Waals surface area contributed by atoms with Crippen LogP contribution in [0.5, 0.6) is 0 Å². The molecule has 3 heteroatoms. The first-order valence-electron chi connectivity index (χ1n) is 7.18. The number of carbonyl (C=O) groups excluding carboxylic acids is 1. The Morgan fingerprint density at radius 1 is 1.14 bits per heavy atom. The quantitative estimate of drug-likeness (QED) is 0.677. The second-order valence-corrected chi connectivity index (χ2v) is 5.50. The highest BCUT2D eigenvalue weighted by molar-refractivity contribution is 5.85. The van der Waals surface area contributed by atoms with Crippen LogP contribution in [0.1, 0.15) is 29.0 Å². The van der Waals surface area contributed by atoms with Gasteiger partial charge in [0.15, 0.2) is 0 Å². The number of nitrogens with zero attached hydrogens (tertiary/aromatic N) is 1. The van der Waals surface area contributed by atoms with Gasteiger partial charge in [-0.2, -0.15) is 5.10 Å². The molecule has 1 fully saturated rings. The summed E-state index contributed by atoms with van der Waals surface area (Å²) in [6.07, 6.45) is 2.59. The molecule has 2 aromatic rings. The maximum Gasteiger partial charge on any atom is 0.243 e. The molecule has 3 nitrogen and oxygen atoms in total. The van der Waals surface area contributed by atoms with E-state index in [4.69, 9.17) is 0 Å². The van der Waals surface area contributed by atoms with Gasteiger partial charge >= 0.3 is 0 Å². The van der Waals surface area contributed by atoms with Crippen LogP contribution in [0, 0.1) is 12.8 Å². The van der Waals surface area contributed by atoms with Crippen molar-refractivity contribution in [2.75, 3.05) is 0 Å². The largest absolute Gasteiger partial charge is 0.273 e. The van der Waals surface area contributed by atoms with E-state index in [0.29, 0.717) is 5.92 Å². The first kappa shape index (κ1) is 13.6. The van der Waals surface area contributed by atoms with E-state index in [-0.39, 0.29) is 11.8 Å². The average Bonchev–Trinajstić information content (AvgIpc) is 3.31. The molecule has 0 aromatic heterocycles. The predicted octanol–water partition coefficient (Wildman–Crippen LogP) is 3.25. The summed E-state index contributed by atoms with van der Waals surface area (Å²) in [6, 6.07) is 18.2. The zero-order valence-corrected chi connectivity index (χ0v) is 12.0. The summed E-state index contributed by atoms with van der Waals surface area (Å²) < 4.78 is 0. The van der Waals surface area contributed by atoms with Crippen molar-refractivity contribution in [3.63, 3.8) is 0 Å². The van der Waals surface area contributed by atoms with Crippen molar-refractivity contribution in [1.82, 2.24) is 5.43 Å². The Kier molecular flexibility index (Phi) is 3.82. The Labute approximate surface area is 124 Å². The lowest BCUT2D eigenvalue weighted by Crippen LogP contribution is -2.20. The smallest absolute Gasteiger partial charge is 0.243 e. The van der Waals surface area contributed by atoms with Gasteiger partial charge in [0.25, 0.3) is 0 Å². The monoisotopic (exact) mass is 278 g/mol. The highest BCUT2D eigenvalue weighted by atomic mass is 16.2. The summed E-state index contributed by atoms with van der Waals surface area (Å²) in [5.41, 5.74) is 6.07. The normalized spacial score (nSPS) is 20.4. The highest BCUT2D eigenvalue weighted by Gasteiger charge is 2.43. The van der Waals surface area contributed by atoms with Gasteiger partial charge in [0.05, 0.1) is 6.21 Å². The first-order chi connectivity index (χ1) is 10.2. The molecule has 21 heavy (non-hydrogen) atoms. The summed E-state index contributed by atoms with van der Waals surface area (Å²) in [5, 5.41) is 4.04. The van der Waals surface area contributed by atoms with Crippen LogP contribution >= 0.6 is 0 Å². The van der Waals surface area contributed by atoms with Crippen molar-refractivity contribution in [1.29, 1.82) is 0 Å². The molecule has 1 saturated carbocycles. The van der Waals surface area contributed by atoms with Crippen LogP contribution in [0.4, 0.5) is 0 Å². The average molecular weight is 278 g/mol. The van der Waals surface area contributed by atoms with E-state index in [0.717, 1.165) is 12.0 Å². The summed E-state index contributed by atoms with van der Waals surface area (Å²) in [5.74, 6) is 0.413. The van der Waals surface area contributed by atoms with Crippen LogP contribution in [-0.2, 0) is 4.79 Å². The molecule has 0 radical (unpaired) electrons. The molecular formula is C18H18N2O. The maximum absolute atomic E-state index is 12.0. The van der Waals surface area contributed by atoms with Crippen molar-refractivity contribution < 1.29 is 4.79 Å². The van der Waals surface area contributed by atoms with Gasteiger partial charge in [-0.1, -0.05) is 60.2 Å². The Morgan fingerprint density at radius 3 is 2.57 bits per heavy atom. The SMILES string of the molecule is Cc1ccc(/C=N\NC(=O)[C@H]2C[C@H]2c2ccccc2)cc1. The standard InChI is InChI=1S/C18H18N2O/c1-13-7-9-14(10-8-13)12-19-20-18(21)17-11-16(17)15-5-3-2-4-6-15/h2-10,12,16-17H,11H2,1H3,(H,20,21)/b19-12-/t16-,17-/m0/s1. The molecule has 1 N–H and O–H groups in total. The van der Waals surface area contributed by atoms with Crippen LogP contribution in [0.25, 0.3) is 0 Å². The molecular weight excluding hydrogens is 260 g/mol. The number of aryl methyl sites for hydroxylation is 1. The van der Waals surface area contributed by atoms with Crippen molar-refractivity contribution >= 4 is 12.1 Å². The number of carbonyl (C=O) groups is 1. The molecule has 2 aromatic carbocycles. The topological polar surface area (TPSA) is 41.5 Å². The van der Waals surface area contributed by atoms with Crippen LogP contribution in [0.2, 0.25) is 0 Å². The van der Waals surface area contributed by atoms with Crippen molar-refractivity contribution in [2.45, 2.75) is 19.3 Å². The number of hydrogen-bond acceptors (Lipinski definition) is 2. The van der Waals surface area contributed by atoms with E-state index in [1.165, 1.54) is 11.1 Å². The molecule has 2 atom stereocenters. The second-order valence-electron chi connectivity index (χ2n) is 5.50. The molecule has 1 aliphatic rings. The van der Waals surface area contributed by atoms with Gasteiger partial charge in [0, 0.05) is 5.92 Å². The minimum Gasteiger partial charge on any atom is -0.273 e. The summed E-state index contributed by atoms with van der Waals surface area (Å²) >= 11 is 0. The van der Waals surface area contributed by atoms with Gasteiger partial charge in [-0.05, 0) is 30.4 Å². The van der Waals surface area contributed by atoms with Crippen LogP contribution in [-0.4, -0.2) is 12.1 Å². The Morgan fingerprint density at radius 2 is 1.86 bits per heavy atom. The van der Waals surface area contributed by atoms with E-state index < -0.39 is 0 Å². The van der Waals surface area contributed by atoms with Gasteiger partial charge < -0.3 is 0 Å². The lowest BCUT2D eigenvalue weighted by atomic mass is 10.1. The number of hydrazone groups is 1. The summed E-state index contributed by atoms with van der Waals surface area (Å²) in [6.45, 7) is 2.04. The van der Waals surface area contributed by atoms with Crippen molar-refractivity contribution in [2.24, 2.45) is 11.0 Å². The number of nitrogens with one attached hydrogen (secondary N) is 1. The second kappa shape index (κ2) is 5.92. The fraction of sp³-hybridized carbons (Fsp3) is 0.222. The minimum atomic E-state index is 0.00668. The Bertz CT molecular complexity index is 647. The fourth-order valence-corrected chi connectivity index (χ4v) is 2.46. The molecule has 0 aliphatic heterocycles. The van der Waals surface area contributed by atoms with E-state index in [1.54, 1.807) is 6.21 Å². The minimum absolute atomic E-state index is 0.00668. The summed E-state index contributed by atoms with van der Waals surface area (Å²) in [4.78, 5) is 12.0. The Balaban J connectivity index is 1.53.